The Hall–Kier alpha value is -3.27. The first-order chi connectivity index (χ1) is 12.2. The Labute approximate surface area is 146 Å². The smallest absolute Gasteiger partial charge is 0.258 e. The minimum atomic E-state index is -0.131. The van der Waals surface area contributed by atoms with E-state index in [1.54, 1.807) is 24.1 Å². The minimum Gasteiger partial charge on any atom is -0.508 e. The number of carbonyl (C=O) groups excluding carboxylic acids is 1. The van der Waals surface area contributed by atoms with Crippen LogP contribution < -0.4 is 9.64 Å². The maximum atomic E-state index is 13.0. The zero-order chi connectivity index (χ0) is 17.6. The van der Waals surface area contributed by atoms with E-state index in [4.69, 9.17) is 4.74 Å². The van der Waals surface area contributed by atoms with Crippen molar-refractivity contribution in [3.05, 3.63) is 90.0 Å². The number of amides is 1. The van der Waals surface area contributed by atoms with Crippen molar-refractivity contribution in [2.24, 2.45) is 0 Å². The van der Waals surface area contributed by atoms with Crippen LogP contribution in [-0.2, 0) is 6.54 Å². The van der Waals surface area contributed by atoms with Gasteiger partial charge in [0.05, 0.1) is 13.7 Å². The Bertz CT molecular complexity index is 827. The van der Waals surface area contributed by atoms with E-state index >= 15 is 0 Å². The van der Waals surface area contributed by atoms with Gasteiger partial charge in [-0.3, -0.25) is 4.79 Å². The van der Waals surface area contributed by atoms with E-state index < -0.39 is 0 Å². The number of hydrogen-bond donors (Lipinski definition) is 1. The molecule has 0 aliphatic heterocycles. The molecule has 4 heteroatoms. The fourth-order valence-corrected chi connectivity index (χ4v) is 2.57. The molecule has 0 aromatic heterocycles. The van der Waals surface area contributed by atoms with Crippen molar-refractivity contribution < 1.29 is 14.6 Å². The van der Waals surface area contributed by atoms with Gasteiger partial charge in [-0.1, -0.05) is 30.3 Å². The predicted molar refractivity (Wildman–Crippen MR) is 98.1 cm³/mol. The highest BCUT2D eigenvalue weighted by atomic mass is 16.5. The van der Waals surface area contributed by atoms with Gasteiger partial charge in [0.1, 0.15) is 11.5 Å². The highest BCUT2D eigenvalue weighted by Crippen LogP contribution is 2.24. The topological polar surface area (TPSA) is 49.8 Å². The van der Waals surface area contributed by atoms with Crippen LogP contribution in [0.2, 0.25) is 0 Å². The van der Waals surface area contributed by atoms with Crippen LogP contribution in [0, 0.1) is 0 Å². The molecule has 126 valence electrons. The van der Waals surface area contributed by atoms with Gasteiger partial charge in [0.15, 0.2) is 0 Å². The second-order valence-electron chi connectivity index (χ2n) is 5.62. The summed E-state index contributed by atoms with van der Waals surface area (Å²) in [7, 11) is 1.61. The van der Waals surface area contributed by atoms with Crippen LogP contribution in [0.1, 0.15) is 15.9 Å². The van der Waals surface area contributed by atoms with Gasteiger partial charge in [0.2, 0.25) is 0 Å². The van der Waals surface area contributed by atoms with Gasteiger partial charge in [-0.15, -0.1) is 0 Å². The van der Waals surface area contributed by atoms with E-state index in [0.717, 1.165) is 17.0 Å². The molecular weight excluding hydrogens is 314 g/mol. The molecule has 3 rings (SSSR count). The average Bonchev–Trinajstić information content (AvgIpc) is 2.67. The molecule has 0 radical (unpaired) electrons. The lowest BCUT2D eigenvalue weighted by Crippen LogP contribution is -2.30. The molecule has 0 spiro atoms. The summed E-state index contributed by atoms with van der Waals surface area (Å²) in [5.41, 5.74) is 2.33. The number of rotatable bonds is 5. The number of anilines is 1. The molecule has 3 aromatic carbocycles. The monoisotopic (exact) mass is 333 g/mol. The van der Waals surface area contributed by atoms with Gasteiger partial charge in [-0.25, -0.2) is 0 Å². The zero-order valence-electron chi connectivity index (χ0n) is 13.9. The molecule has 0 aliphatic rings. The Morgan fingerprint density at radius 1 is 0.920 bits per heavy atom. The molecule has 0 heterocycles. The minimum absolute atomic E-state index is 0.131. The van der Waals surface area contributed by atoms with E-state index in [1.165, 1.54) is 12.1 Å². The molecule has 4 nitrogen and oxygen atoms in total. The molecule has 0 atom stereocenters. The summed E-state index contributed by atoms with van der Waals surface area (Å²) in [6.45, 7) is 0.451. The van der Waals surface area contributed by atoms with Crippen molar-refractivity contribution in [3.8, 4) is 11.5 Å². The van der Waals surface area contributed by atoms with Crippen LogP contribution in [0.5, 0.6) is 11.5 Å². The first kappa shape index (κ1) is 16.6. The van der Waals surface area contributed by atoms with E-state index in [9.17, 15) is 9.90 Å². The van der Waals surface area contributed by atoms with Crippen LogP contribution in [0.25, 0.3) is 0 Å². The molecule has 0 bridgehead atoms. The third-order valence-corrected chi connectivity index (χ3v) is 3.93. The summed E-state index contributed by atoms with van der Waals surface area (Å²) in [6.07, 6.45) is 0. The second kappa shape index (κ2) is 7.53. The lowest BCUT2D eigenvalue weighted by molar-refractivity contribution is 0.0985. The quantitative estimate of drug-likeness (QED) is 0.759. The average molecular weight is 333 g/mol. The van der Waals surface area contributed by atoms with Gasteiger partial charge in [-0.2, -0.15) is 0 Å². The molecule has 0 fully saturated rings. The lowest BCUT2D eigenvalue weighted by Gasteiger charge is -2.23. The van der Waals surface area contributed by atoms with Crippen molar-refractivity contribution in [2.45, 2.75) is 6.54 Å². The SMILES string of the molecule is COc1ccc(N(Cc2ccccc2)C(=O)c2ccc(O)cc2)cc1. The third-order valence-electron chi connectivity index (χ3n) is 3.93. The summed E-state index contributed by atoms with van der Waals surface area (Å²) in [6, 6.07) is 23.5. The summed E-state index contributed by atoms with van der Waals surface area (Å²) < 4.78 is 5.19. The van der Waals surface area contributed by atoms with Crippen LogP contribution in [0.3, 0.4) is 0 Å². The molecule has 3 aromatic rings. The largest absolute Gasteiger partial charge is 0.508 e. The first-order valence-electron chi connectivity index (χ1n) is 7.96. The molecule has 0 aliphatic carbocycles. The molecule has 0 saturated carbocycles. The number of methoxy groups -OCH3 is 1. The van der Waals surface area contributed by atoms with Crippen LogP contribution in [-0.4, -0.2) is 18.1 Å². The summed E-state index contributed by atoms with van der Waals surface area (Å²) >= 11 is 0. The van der Waals surface area contributed by atoms with E-state index in [1.807, 2.05) is 54.6 Å². The molecular formula is C21H19NO3. The Balaban J connectivity index is 1.95. The van der Waals surface area contributed by atoms with Crippen LogP contribution in [0.15, 0.2) is 78.9 Å². The fraction of sp³-hybridized carbons (Fsp3) is 0.0952. The lowest BCUT2D eigenvalue weighted by atomic mass is 10.1. The van der Waals surface area contributed by atoms with Crippen LogP contribution >= 0.6 is 0 Å². The maximum absolute atomic E-state index is 13.0. The normalized spacial score (nSPS) is 10.3. The van der Waals surface area contributed by atoms with E-state index in [0.29, 0.717) is 12.1 Å². The second-order valence-corrected chi connectivity index (χ2v) is 5.62. The van der Waals surface area contributed by atoms with Crippen molar-refractivity contribution in [3.63, 3.8) is 0 Å². The zero-order valence-corrected chi connectivity index (χ0v) is 13.9. The summed E-state index contributed by atoms with van der Waals surface area (Å²) in [5.74, 6) is 0.741. The van der Waals surface area contributed by atoms with E-state index in [-0.39, 0.29) is 11.7 Å². The van der Waals surface area contributed by atoms with Gasteiger partial charge in [-0.05, 0) is 54.1 Å². The van der Waals surface area contributed by atoms with Crippen molar-refractivity contribution >= 4 is 11.6 Å². The van der Waals surface area contributed by atoms with Gasteiger partial charge < -0.3 is 14.7 Å². The highest BCUT2D eigenvalue weighted by molar-refractivity contribution is 6.06. The molecule has 0 saturated heterocycles. The standard InChI is InChI=1S/C21H19NO3/c1-25-20-13-9-18(10-14-20)22(15-16-5-3-2-4-6-16)21(24)17-7-11-19(23)12-8-17/h2-14,23H,15H2,1H3. The summed E-state index contributed by atoms with van der Waals surface area (Å²) in [5, 5.41) is 9.45. The van der Waals surface area contributed by atoms with Crippen LogP contribution in [0.4, 0.5) is 5.69 Å². The van der Waals surface area contributed by atoms with Crippen molar-refractivity contribution in [2.75, 3.05) is 12.0 Å². The van der Waals surface area contributed by atoms with Gasteiger partial charge >= 0.3 is 0 Å². The van der Waals surface area contributed by atoms with Crippen molar-refractivity contribution in [1.29, 1.82) is 0 Å². The number of ether oxygens (including phenoxy) is 1. The third kappa shape index (κ3) is 3.98. The molecule has 25 heavy (non-hydrogen) atoms. The first-order valence-corrected chi connectivity index (χ1v) is 7.96. The van der Waals surface area contributed by atoms with Crippen molar-refractivity contribution in [1.82, 2.24) is 0 Å². The number of nitrogens with zero attached hydrogens (tertiary/aromatic N) is 1. The number of carbonyl (C=O) groups is 1. The summed E-state index contributed by atoms with van der Waals surface area (Å²) in [4.78, 5) is 14.7. The Morgan fingerprint density at radius 2 is 1.56 bits per heavy atom. The Morgan fingerprint density at radius 3 is 2.16 bits per heavy atom. The predicted octanol–water partition coefficient (Wildman–Crippen LogP) is 4.25. The number of phenolic OH excluding ortho intramolecular Hbond substituents is 1. The molecule has 1 N–H and O–H groups in total. The Kier molecular flexibility index (Phi) is 5.00. The highest BCUT2D eigenvalue weighted by Gasteiger charge is 2.18. The number of phenols is 1. The van der Waals surface area contributed by atoms with Gasteiger partial charge in [0, 0.05) is 11.3 Å². The van der Waals surface area contributed by atoms with Gasteiger partial charge in [0.25, 0.3) is 5.91 Å². The number of benzene rings is 3. The maximum Gasteiger partial charge on any atom is 0.258 e. The fourth-order valence-electron chi connectivity index (χ4n) is 2.57. The molecule has 1 amide bonds. The van der Waals surface area contributed by atoms with E-state index in [2.05, 4.69) is 0 Å². The number of aromatic hydroxyl groups is 1. The number of hydrogen-bond acceptors (Lipinski definition) is 3. The molecule has 0 unspecified atom stereocenters.